The van der Waals surface area contributed by atoms with Crippen molar-refractivity contribution in [3.63, 3.8) is 0 Å². The molecule has 2 aromatic rings. The van der Waals surface area contributed by atoms with Gasteiger partial charge in [-0.25, -0.2) is 13.4 Å². The van der Waals surface area contributed by atoms with E-state index in [1.54, 1.807) is 24.4 Å². The van der Waals surface area contributed by atoms with Gasteiger partial charge in [0.2, 0.25) is 15.9 Å². The number of carbonyl (C=O) groups excluding carboxylic acids is 1. The summed E-state index contributed by atoms with van der Waals surface area (Å²) in [4.78, 5) is 16.9. The third-order valence-electron chi connectivity index (χ3n) is 3.81. The topological polar surface area (TPSA) is 88.2 Å². The molecule has 2 rings (SSSR count). The molecule has 140 valence electrons. The molecule has 1 aromatic carbocycles. The van der Waals surface area contributed by atoms with E-state index < -0.39 is 22.0 Å². The monoisotopic (exact) mass is 375 g/mol. The zero-order valence-corrected chi connectivity index (χ0v) is 16.3. The number of aryl methyl sites for hydroxylation is 2. The number of anilines is 1. The van der Waals surface area contributed by atoms with Crippen LogP contribution in [0.15, 0.2) is 47.5 Å². The van der Waals surface area contributed by atoms with Crippen molar-refractivity contribution in [1.82, 2.24) is 9.71 Å². The summed E-state index contributed by atoms with van der Waals surface area (Å²) in [6, 6.07) is 9.15. The standard InChI is InChI=1S/C19H25N3O3S/c1-13(2)11-17(19(23)21-18-10-7-15(4)12-20-18)22-26(24,25)16-8-5-14(3)6-9-16/h5-10,12-13,17,22H,11H2,1-4H3,(H,20,21,23). The van der Waals surface area contributed by atoms with Crippen molar-refractivity contribution in [2.75, 3.05) is 5.32 Å². The van der Waals surface area contributed by atoms with Crippen LogP contribution in [-0.2, 0) is 14.8 Å². The fourth-order valence-corrected chi connectivity index (χ4v) is 3.62. The molecule has 1 unspecified atom stereocenters. The van der Waals surface area contributed by atoms with E-state index in [1.807, 2.05) is 33.8 Å². The SMILES string of the molecule is Cc1ccc(S(=O)(=O)NC(CC(C)C)C(=O)Nc2ccc(C)cn2)cc1. The molecule has 0 fully saturated rings. The second-order valence-corrected chi connectivity index (χ2v) is 8.54. The largest absolute Gasteiger partial charge is 0.309 e. The summed E-state index contributed by atoms with van der Waals surface area (Å²) in [6.45, 7) is 7.65. The van der Waals surface area contributed by atoms with E-state index in [0.29, 0.717) is 12.2 Å². The first-order valence-electron chi connectivity index (χ1n) is 8.50. The molecule has 7 heteroatoms. The number of benzene rings is 1. The first-order chi connectivity index (χ1) is 12.2. The highest BCUT2D eigenvalue weighted by Crippen LogP contribution is 2.14. The number of amides is 1. The van der Waals surface area contributed by atoms with E-state index in [2.05, 4.69) is 15.0 Å². The van der Waals surface area contributed by atoms with Crippen LogP contribution < -0.4 is 10.0 Å². The Bertz CT molecular complexity index is 845. The number of rotatable bonds is 7. The summed E-state index contributed by atoms with van der Waals surface area (Å²) in [5.41, 5.74) is 1.94. The van der Waals surface area contributed by atoms with Crippen LogP contribution in [-0.4, -0.2) is 25.4 Å². The third-order valence-corrected chi connectivity index (χ3v) is 5.30. The smallest absolute Gasteiger partial charge is 0.243 e. The number of aromatic nitrogens is 1. The molecule has 0 aliphatic heterocycles. The van der Waals surface area contributed by atoms with Gasteiger partial charge in [0.15, 0.2) is 0 Å². The zero-order chi connectivity index (χ0) is 19.3. The van der Waals surface area contributed by atoms with Crippen LogP contribution in [0.2, 0.25) is 0 Å². The quantitative estimate of drug-likeness (QED) is 0.778. The molecule has 1 amide bonds. The number of nitrogens with one attached hydrogen (secondary N) is 2. The molecule has 0 saturated heterocycles. The molecular formula is C19H25N3O3S. The Morgan fingerprint density at radius 2 is 1.65 bits per heavy atom. The average molecular weight is 375 g/mol. The van der Waals surface area contributed by atoms with Gasteiger partial charge in [0, 0.05) is 6.20 Å². The van der Waals surface area contributed by atoms with Gasteiger partial charge in [0.25, 0.3) is 0 Å². The normalized spacial score (nSPS) is 12.8. The van der Waals surface area contributed by atoms with E-state index in [-0.39, 0.29) is 10.8 Å². The van der Waals surface area contributed by atoms with Crippen molar-refractivity contribution < 1.29 is 13.2 Å². The molecule has 0 radical (unpaired) electrons. The molecule has 0 saturated carbocycles. The second kappa shape index (κ2) is 8.42. The lowest BCUT2D eigenvalue weighted by molar-refractivity contribution is -0.118. The first kappa shape index (κ1) is 20.1. The summed E-state index contributed by atoms with van der Waals surface area (Å²) < 4.78 is 27.8. The van der Waals surface area contributed by atoms with Crippen molar-refractivity contribution in [3.05, 3.63) is 53.7 Å². The maximum atomic E-state index is 12.6. The van der Waals surface area contributed by atoms with Gasteiger partial charge in [-0.2, -0.15) is 4.72 Å². The van der Waals surface area contributed by atoms with Crippen molar-refractivity contribution in [3.8, 4) is 0 Å². The summed E-state index contributed by atoms with van der Waals surface area (Å²) in [5, 5.41) is 2.68. The number of pyridine rings is 1. The minimum absolute atomic E-state index is 0.137. The first-order valence-corrected chi connectivity index (χ1v) is 9.98. The average Bonchev–Trinajstić information content (AvgIpc) is 2.56. The molecule has 0 bridgehead atoms. The molecular weight excluding hydrogens is 350 g/mol. The van der Waals surface area contributed by atoms with Gasteiger partial charge < -0.3 is 5.32 Å². The second-order valence-electron chi connectivity index (χ2n) is 6.83. The fourth-order valence-electron chi connectivity index (χ4n) is 2.41. The van der Waals surface area contributed by atoms with Crippen LogP contribution >= 0.6 is 0 Å². The molecule has 1 heterocycles. The molecule has 1 aromatic heterocycles. The molecule has 0 aliphatic carbocycles. The van der Waals surface area contributed by atoms with Crippen molar-refractivity contribution >= 4 is 21.7 Å². The predicted molar refractivity (Wildman–Crippen MR) is 102 cm³/mol. The van der Waals surface area contributed by atoms with Gasteiger partial charge >= 0.3 is 0 Å². The Kier molecular flexibility index (Phi) is 6.50. The Labute approximate surface area is 155 Å². The van der Waals surface area contributed by atoms with E-state index in [9.17, 15) is 13.2 Å². The Balaban J connectivity index is 2.19. The molecule has 26 heavy (non-hydrogen) atoms. The highest BCUT2D eigenvalue weighted by atomic mass is 32.2. The van der Waals surface area contributed by atoms with Gasteiger partial charge in [-0.1, -0.05) is 37.6 Å². The van der Waals surface area contributed by atoms with Crippen LogP contribution in [0.5, 0.6) is 0 Å². The molecule has 2 N–H and O–H groups in total. The fraction of sp³-hybridized carbons (Fsp3) is 0.368. The van der Waals surface area contributed by atoms with Gasteiger partial charge in [0.05, 0.1) is 4.90 Å². The zero-order valence-electron chi connectivity index (χ0n) is 15.5. The maximum absolute atomic E-state index is 12.6. The van der Waals surface area contributed by atoms with Crippen LogP contribution in [0.1, 0.15) is 31.4 Å². The van der Waals surface area contributed by atoms with E-state index in [0.717, 1.165) is 11.1 Å². The van der Waals surface area contributed by atoms with Crippen molar-refractivity contribution in [1.29, 1.82) is 0 Å². The van der Waals surface area contributed by atoms with E-state index in [4.69, 9.17) is 0 Å². The summed E-state index contributed by atoms with van der Waals surface area (Å²) in [5.74, 6) is 0.104. The maximum Gasteiger partial charge on any atom is 0.243 e. The predicted octanol–water partition coefficient (Wildman–Crippen LogP) is 3.03. The highest BCUT2D eigenvalue weighted by Gasteiger charge is 2.26. The lowest BCUT2D eigenvalue weighted by Gasteiger charge is -2.20. The van der Waals surface area contributed by atoms with Crippen molar-refractivity contribution in [2.45, 2.75) is 45.1 Å². The third kappa shape index (κ3) is 5.64. The lowest BCUT2D eigenvalue weighted by atomic mass is 10.0. The van der Waals surface area contributed by atoms with Crippen LogP contribution in [0, 0.1) is 19.8 Å². The van der Waals surface area contributed by atoms with Crippen molar-refractivity contribution in [2.24, 2.45) is 5.92 Å². The molecule has 0 spiro atoms. The minimum Gasteiger partial charge on any atom is -0.309 e. The Morgan fingerprint density at radius 3 is 2.19 bits per heavy atom. The summed E-state index contributed by atoms with van der Waals surface area (Å²) in [6.07, 6.45) is 2.02. The Hall–Kier alpha value is -2.25. The number of nitrogens with zero attached hydrogens (tertiary/aromatic N) is 1. The number of hydrogen-bond donors (Lipinski definition) is 2. The summed E-state index contributed by atoms with van der Waals surface area (Å²) >= 11 is 0. The molecule has 1 atom stereocenters. The van der Waals surface area contributed by atoms with Crippen LogP contribution in [0.25, 0.3) is 0 Å². The Morgan fingerprint density at radius 1 is 1.04 bits per heavy atom. The minimum atomic E-state index is -3.80. The molecule has 6 nitrogen and oxygen atoms in total. The van der Waals surface area contributed by atoms with Gasteiger partial charge in [-0.3, -0.25) is 4.79 Å². The number of sulfonamides is 1. The van der Waals surface area contributed by atoms with Gasteiger partial charge in [-0.05, 0) is 49.9 Å². The van der Waals surface area contributed by atoms with E-state index >= 15 is 0 Å². The van der Waals surface area contributed by atoms with E-state index in [1.165, 1.54) is 12.1 Å². The van der Waals surface area contributed by atoms with Gasteiger partial charge in [0.1, 0.15) is 11.9 Å². The number of hydrogen-bond acceptors (Lipinski definition) is 4. The lowest BCUT2D eigenvalue weighted by Crippen LogP contribution is -2.44. The van der Waals surface area contributed by atoms with Gasteiger partial charge in [-0.15, -0.1) is 0 Å². The van der Waals surface area contributed by atoms with Crippen LogP contribution in [0.3, 0.4) is 0 Å². The summed E-state index contributed by atoms with van der Waals surface area (Å²) in [7, 11) is -3.80. The number of carbonyl (C=O) groups is 1. The van der Waals surface area contributed by atoms with Crippen LogP contribution in [0.4, 0.5) is 5.82 Å². The molecule has 0 aliphatic rings. The highest BCUT2D eigenvalue weighted by molar-refractivity contribution is 7.89.